The third-order valence-corrected chi connectivity index (χ3v) is 3.33. The predicted octanol–water partition coefficient (Wildman–Crippen LogP) is 3.49. The first-order valence-electron chi connectivity index (χ1n) is 7.06. The van der Waals surface area contributed by atoms with E-state index in [0.717, 1.165) is 24.3 Å². The zero-order chi connectivity index (χ0) is 14.4. The normalized spacial score (nSPS) is 12.2. The highest BCUT2D eigenvalue weighted by atomic mass is 16.5. The molecule has 0 bridgehead atoms. The number of hydrogen-bond acceptors (Lipinski definition) is 3. The number of benzene rings is 1. The van der Waals surface area contributed by atoms with Gasteiger partial charge in [-0.3, -0.25) is 4.98 Å². The number of hydrogen-bond donors (Lipinski definition) is 1. The van der Waals surface area contributed by atoms with Crippen LogP contribution < -0.4 is 10.1 Å². The van der Waals surface area contributed by atoms with Crippen LogP contribution in [-0.4, -0.2) is 18.6 Å². The molecule has 1 heterocycles. The zero-order valence-electron chi connectivity index (χ0n) is 12.4. The molecule has 3 heteroatoms. The molecule has 0 amide bonds. The maximum absolute atomic E-state index is 5.67. The number of pyridine rings is 1. The van der Waals surface area contributed by atoms with Crippen LogP contribution in [0.4, 0.5) is 0 Å². The smallest absolute Gasteiger partial charge is 0.137 e. The highest BCUT2D eigenvalue weighted by Gasteiger charge is 2.14. The van der Waals surface area contributed by atoms with Crippen LogP contribution in [0.3, 0.4) is 0 Å². The maximum atomic E-state index is 5.67. The first-order chi connectivity index (χ1) is 9.76. The van der Waals surface area contributed by atoms with Crippen molar-refractivity contribution in [1.29, 1.82) is 0 Å². The van der Waals surface area contributed by atoms with Gasteiger partial charge in [-0.2, -0.15) is 0 Å². The third-order valence-electron chi connectivity index (χ3n) is 3.33. The van der Waals surface area contributed by atoms with Crippen LogP contribution in [0, 0.1) is 6.92 Å². The van der Waals surface area contributed by atoms with Crippen molar-refractivity contribution in [2.75, 3.05) is 13.7 Å². The minimum absolute atomic E-state index is 0.133. The molecule has 0 spiro atoms. The third kappa shape index (κ3) is 3.36. The summed E-state index contributed by atoms with van der Waals surface area (Å²) in [5.41, 5.74) is 3.66. The first kappa shape index (κ1) is 14.5. The lowest BCUT2D eigenvalue weighted by Gasteiger charge is -2.19. The Morgan fingerprint density at radius 3 is 2.75 bits per heavy atom. The Bertz CT molecular complexity index is 554. The Morgan fingerprint density at radius 2 is 2.05 bits per heavy atom. The molecular weight excluding hydrogens is 248 g/mol. The van der Waals surface area contributed by atoms with Crippen molar-refractivity contribution in [3.05, 3.63) is 59.4 Å². The summed E-state index contributed by atoms with van der Waals surface area (Å²) in [5.74, 6) is 0.832. The van der Waals surface area contributed by atoms with Crippen LogP contribution in [0.2, 0.25) is 0 Å². The fourth-order valence-corrected chi connectivity index (χ4v) is 2.30. The number of rotatable bonds is 6. The summed E-state index contributed by atoms with van der Waals surface area (Å²) >= 11 is 0. The van der Waals surface area contributed by atoms with Crippen LogP contribution in [0.15, 0.2) is 42.7 Å². The monoisotopic (exact) mass is 270 g/mol. The number of nitrogens with one attached hydrogen (secondary N) is 1. The number of aryl methyl sites for hydroxylation is 1. The average molecular weight is 270 g/mol. The molecule has 0 aliphatic heterocycles. The summed E-state index contributed by atoms with van der Waals surface area (Å²) in [4.78, 5) is 4.30. The molecule has 0 fully saturated rings. The van der Waals surface area contributed by atoms with Gasteiger partial charge in [0.25, 0.3) is 0 Å². The lowest BCUT2D eigenvalue weighted by atomic mass is 9.96. The van der Waals surface area contributed by atoms with Gasteiger partial charge in [0.05, 0.1) is 18.8 Å². The molecule has 0 saturated heterocycles. The molecular formula is C17H22N2O. The molecule has 2 aromatic rings. The van der Waals surface area contributed by atoms with Gasteiger partial charge in [0.15, 0.2) is 0 Å². The van der Waals surface area contributed by atoms with E-state index in [-0.39, 0.29) is 6.04 Å². The summed E-state index contributed by atoms with van der Waals surface area (Å²) < 4.78 is 5.67. The van der Waals surface area contributed by atoms with E-state index in [0.29, 0.717) is 0 Å². The summed E-state index contributed by atoms with van der Waals surface area (Å²) in [7, 11) is 1.97. The van der Waals surface area contributed by atoms with Gasteiger partial charge in [0.1, 0.15) is 5.75 Å². The molecule has 0 saturated carbocycles. The highest BCUT2D eigenvalue weighted by Crippen LogP contribution is 2.26. The van der Waals surface area contributed by atoms with Gasteiger partial charge in [-0.05, 0) is 43.1 Å². The topological polar surface area (TPSA) is 34.1 Å². The molecule has 0 aliphatic carbocycles. The molecule has 1 aromatic heterocycles. The number of nitrogens with zero attached hydrogens (tertiary/aromatic N) is 1. The van der Waals surface area contributed by atoms with Gasteiger partial charge in [0.2, 0.25) is 0 Å². The lowest BCUT2D eigenvalue weighted by molar-refractivity contribution is 0.315. The van der Waals surface area contributed by atoms with Crippen molar-refractivity contribution in [3.8, 4) is 5.75 Å². The van der Waals surface area contributed by atoms with Gasteiger partial charge in [-0.15, -0.1) is 0 Å². The SMILES string of the molecule is CCCOc1cncc(C(NC)c2ccccc2C)c1. The van der Waals surface area contributed by atoms with Gasteiger partial charge in [-0.1, -0.05) is 31.2 Å². The second-order valence-corrected chi connectivity index (χ2v) is 4.88. The molecule has 106 valence electrons. The van der Waals surface area contributed by atoms with E-state index in [4.69, 9.17) is 4.74 Å². The Kier molecular flexibility index (Phi) is 5.13. The Labute approximate surface area is 121 Å². The Hall–Kier alpha value is -1.87. The van der Waals surface area contributed by atoms with Crippen molar-refractivity contribution in [3.63, 3.8) is 0 Å². The Balaban J connectivity index is 2.30. The van der Waals surface area contributed by atoms with Crippen molar-refractivity contribution in [2.24, 2.45) is 0 Å². The molecule has 0 aliphatic rings. The van der Waals surface area contributed by atoms with Crippen LogP contribution in [-0.2, 0) is 0 Å². The van der Waals surface area contributed by atoms with E-state index in [9.17, 15) is 0 Å². The van der Waals surface area contributed by atoms with Crippen LogP contribution in [0.1, 0.15) is 36.1 Å². The minimum atomic E-state index is 0.133. The van der Waals surface area contributed by atoms with Crippen LogP contribution in [0.5, 0.6) is 5.75 Å². The molecule has 2 rings (SSSR count). The van der Waals surface area contributed by atoms with E-state index in [1.54, 1.807) is 6.20 Å². The summed E-state index contributed by atoms with van der Waals surface area (Å²) in [6.07, 6.45) is 4.66. The molecule has 20 heavy (non-hydrogen) atoms. The quantitative estimate of drug-likeness (QED) is 0.872. The molecule has 1 N–H and O–H groups in total. The van der Waals surface area contributed by atoms with Crippen molar-refractivity contribution >= 4 is 0 Å². The fraction of sp³-hybridized carbons (Fsp3) is 0.353. The average Bonchev–Trinajstić information content (AvgIpc) is 2.48. The van der Waals surface area contributed by atoms with E-state index in [2.05, 4.69) is 54.5 Å². The minimum Gasteiger partial charge on any atom is -0.492 e. The number of ether oxygens (including phenoxy) is 1. The maximum Gasteiger partial charge on any atom is 0.137 e. The lowest BCUT2D eigenvalue weighted by Crippen LogP contribution is -2.19. The van der Waals surface area contributed by atoms with Gasteiger partial charge in [0, 0.05) is 6.20 Å². The van der Waals surface area contributed by atoms with Crippen molar-refractivity contribution in [2.45, 2.75) is 26.3 Å². The standard InChI is InChI=1S/C17H22N2O/c1-4-9-20-15-10-14(11-19-12-15)17(18-3)16-8-6-5-7-13(16)2/h5-8,10-12,17-18H,4,9H2,1-3H3. The van der Waals surface area contributed by atoms with Crippen molar-refractivity contribution in [1.82, 2.24) is 10.3 Å². The summed E-state index contributed by atoms with van der Waals surface area (Å²) in [6.45, 7) is 4.95. The highest BCUT2D eigenvalue weighted by molar-refractivity contribution is 5.37. The second kappa shape index (κ2) is 7.06. The fourth-order valence-electron chi connectivity index (χ4n) is 2.30. The van der Waals surface area contributed by atoms with Gasteiger partial charge >= 0.3 is 0 Å². The van der Waals surface area contributed by atoms with E-state index in [1.807, 2.05) is 13.2 Å². The zero-order valence-corrected chi connectivity index (χ0v) is 12.4. The van der Waals surface area contributed by atoms with E-state index in [1.165, 1.54) is 11.1 Å². The molecule has 1 aromatic carbocycles. The Morgan fingerprint density at radius 1 is 1.25 bits per heavy atom. The first-order valence-corrected chi connectivity index (χ1v) is 7.06. The summed E-state index contributed by atoms with van der Waals surface area (Å²) in [5, 5.41) is 3.36. The number of aromatic nitrogens is 1. The predicted molar refractivity (Wildman–Crippen MR) is 82.1 cm³/mol. The summed E-state index contributed by atoms with van der Waals surface area (Å²) in [6, 6.07) is 10.6. The largest absolute Gasteiger partial charge is 0.492 e. The molecule has 3 nitrogen and oxygen atoms in total. The van der Waals surface area contributed by atoms with Crippen LogP contribution >= 0.6 is 0 Å². The van der Waals surface area contributed by atoms with Crippen LogP contribution in [0.25, 0.3) is 0 Å². The van der Waals surface area contributed by atoms with Gasteiger partial charge in [-0.25, -0.2) is 0 Å². The molecule has 0 radical (unpaired) electrons. The van der Waals surface area contributed by atoms with E-state index >= 15 is 0 Å². The van der Waals surface area contributed by atoms with Crippen molar-refractivity contribution < 1.29 is 4.74 Å². The van der Waals surface area contributed by atoms with E-state index < -0.39 is 0 Å². The molecule has 1 atom stereocenters. The molecule has 1 unspecified atom stereocenters. The second-order valence-electron chi connectivity index (χ2n) is 4.88. The van der Waals surface area contributed by atoms with Gasteiger partial charge < -0.3 is 10.1 Å².